The molecular formula is C24H20N4OS. The Morgan fingerprint density at radius 3 is 2.67 bits per heavy atom. The predicted molar refractivity (Wildman–Crippen MR) is 122 cm³/mol. The molecule has 2 heterocycles. The summed E-state index contributed by atoms with van der Waals surface area (Å²) in [6, 6.07) is 24.2. The number of hydrogen-bond acceptors (Lipinski definition) is 4. The zero-order chi connectivity index (χ0) is 20.3. The Labute approximate surface area is 178 Å². The van der Waals surface area contributed by atoms with Gasteiger partial charge in [-0.15, -0.1) is 0 Å². The van der Waals surface area contributed by atoms with Gasteiger partial charge in [0.2, 0.25) is 5.91 Å². The molecule has 148 valence electrons. The number of hydrogen-bond donors (Lipinski definition) is 0. The summed E-state index contributed by atoms with van der Waals surface area (Å²) in [6.45, 7) is 1.13. The van der Waals surface area contributed by atoms with Crippen molar-refractivity contribution in [3.05, 3.63) is 90.8 Å². The lowest BCUT2D eigenvalue weighted by Crippen LogP contribution is -2.35. The number of rotatable bonds is 6. The number of carbonyl (C=O) groups excluding carboxylic acids is 1. The van der Waals surface area contributed by atoms with Crippen LogP contribution in [-0.2, 0) is 17.8 Å². The molecule has 3 aromatic carbocycles. The number of para-hydroxylation sites is 1. The molecular weight excluding hydrogens is 392 g/mol. The molecule has 5 aromatic rings. The van der Waals surface area contributed by atoms with Gasteiger partial charge in [-0.1, -0.05) is 65.9 Å². The van der Waals surface area contributed by atoms with E-state index in [0.29, 0.717) is 19.5 Å². The topological polar surface area (TPSA) is 51.0 Å². The highest BCUT2D eigenvalue weighted by atomic mass is 32.1. The molecule has 0 N–H and O–H groups in total. The fourth-order valence-corrected chi connectivity index (χ4v) is 4.65. The monoisotopic (exact) mass is 412 g/mol. The third-order valence-electron chi connectivity index (χ3n) is 5.15. The first-order chi connectivity index (χ1) is 14.8. The van der Waals surface area contributed by atoms with Gasteiger partial charge in [0.15, 0.2) is 5.13 Å². The van der Waals surface area contributed by atoms with Crippen molar-refractivity contribution in [2.75, 3.05) is 11.4 Å². The van der Waals surface area contributed by atoms with Crippen LogP contribution in [0.15, 0.2) is 85.2 Å². The largest absolute Gasteiger partial charge is 0.286 e. The summed E-state index contributed by atoms with van der Waals surface area (Å²) in [5.41, 5.74) is 1.95. The summed E-state index contributed by atoms with van der Waals surface area (Å²) < 4.78 is 2.92. The highest BCUT2D eigenvalue weighted by Gasteiger charge is 2.21. The Balaban J connectivity index is 1.47. The average molecular weight is 413 g/mol. The summed E-state index contributed by atoms with van der Waals surface area (Å²) in [6.07, 6.45) is 3.99. The first kappa shape index (κ1) is 18.5. The van der Waals surface area contributed by atoms with Gasteiger partial charge in [0, 0.05) is 18.9 Å². The van der Waals surface area contributed by atoms with E-state index in [1.54, 1.807) is 22.4 Å². The highest BCUT2D eigenvalue weighted by Crippen LogP contribution is 2.29. The van der Waals surface area contributed by atoms with E-state index in [1.807, 2.05) is 65.5 Å². The lowest BCUT2D eigenvalue weighted by atomic mass is 10.0. The maximum absolute atomic E-state index is 13.5. The summed E-state index contributed by atoms with van der Waals surface area (Å²) in [7, 11) is 0. The number of amides is 1. The van der Waals surface area contributed by atoms with Gasteiger partial charge in [-0.2, -0.15) is 5.10 Å². The first-order valence-corrected chi connectivity index (χ1v) is 10.7. The van der Waals surface area contributed by atoms with Crippen LogP contribution in [0, 0.1) is 0 Å². The molecule has 0 atom stereocenters. The number of benzene rings is 3. The maximum atomic E-state index is 13.5. The Hall–Kier alpha value is -3.51. The Morgan fingerprint density at radius 2 is 1.80 bits per heavy atom. The van der Waals surface area contributed by atoms with Crippen LogP contribution in [0.4, 0.5) is 5.13 Å². The Bertz CT molecular complexity index is 1270. The first-order valence-electron chi connectivity index (χ1n) is 9.88. The molecule has 0 saturated heterocycles. The van der Waals surface area contributed by atoms with E-state index in [1.165, 1.54) is 0 Å². The lowest BCUT2D eigenvalue weighted by Gasteiger charge is -2.20. The maximum Gasteiger partial charge on any atom is 0.233 e. The van der Waals surface area contributed by atoms with Crippen molar-refractivity contribution in [2.24, 2.45) is 0 Å². The van der Waals surface area contributed by atoms with Crippen molar-refractivity contribution in [2.45, 2.75) is 13.0 Å². The van der Waals surface area contributed by atoms with Crippen molar-refractivity contribution in [3.8, 4) is 0 Å². The molecule has 0 fully saturated rings. The van der Waals surface area contributed by atoms with Crippen molar-refractivity contribution >= 4 is 43.4 Å². The van der Waals surface area contributed by atoms with Gasteiger partial charge in [-0.05, 0) is 34.5 Å². The van der Waals surface area contributed by atoms with E-state index in [0.717, 1.165) is 31.7 Å². The van der Waals surface area contributed by atoms with E-state index in [4.69, 9.17) is 4.98 Å². The third-order valence-corrected chi connectivity index (χ3v) is 6.21. The molecule has 0 saturated carbocycles. The number of fused-ring (bicyclic) bond motifs is 2. The van der Waals surface area contributed by atoms with Crippen molar-refractivity contribution in [3.63, 3.8) is 0 Å². The molecule has 0 aliphatic carbocycles. The smallest absolute Gasteiger partial charge is 0.233 e. The predicted octanol–water partition coefficient (Wildman–Crippen LogP) is 4.92. The summed E-state index contributed by atoms with van der Waals surface area (Å²) in [5, 5.41) is 7.26. The van der Waals surface area contributed by atoms with E-state index in [2.05, 4.69) is 23.3 Å². The van der Waals surface area contributed by atoms with Crippen LogP contribution >= 0.6 is 11.3 Å². The molecule has 5 nitrogen and oxygen atoms in total. The molecule has 0 aliphatic rings. The molecule has 1 amide bonds. The van der Waals surface area contributed by atoms with Crippen LogP contribution < -0.4 is 4.90 Å². The van der Waals surface area contributed by atoms with Crippen LogP contribution in [0.25, 0.3) is 21.0 Å². The second kappa shape index (κ2) is 8.08. The van der Waals surface area contributed by atoms with E-state index in [9.17, 15) is 4.79 Å². The molecule has 0 unspecified atom stereocenters. The van der Waals surface area contributed by atoms with Crippen LogP contribution in [0.5, 0.6) is 0 Å². The molecule has 5 rings (SSSR count). The van der Waals surface area contributed by atoms with Crippen LogP contribution in [0.2, 0.25) is 0 Å². The molecule has 0 aliphatic heterocycles. The van der Waals surface area contributed by atoms with E-state index >= 15 is 0 Å². The third kappa shape index (κ3) is 3.69. The average Bonchev–Trinajstić information content (AvgIpc) is 3.44. The Kier molecular flexibility index (Phi) is 4.99. The molecule has 0 spiro atoms. The fraction of sp³-hybridized carbons (Fsp3) is 0.125. The quantitative estimate of drug-likeness (QED) is 0.398. The highest BCUT2D eigenvalue weighted by molar-refractivity contribution is 7.22. The second-order valence-corrected chi connectivity index (χ2v) is 8.10. The van der Waals surface area contributed by atoms with Gasteiger partial charge in [-0.25, -0.2) is 4.98 Å². The SMILES string of the molecule is O=C(Cc1cccc2ccccc12)N(CCn1cccn1)c1nc2ccccc2s1. The van der Waals surface area contributed by atoms with Gasteiger partial charge in [0.05, 0.1) is 23.2 Å². The van der Waals surface area contributed by atoms with Crippen LogP contribution in [0.3, 0.4) is 0 Å². The standard InChI is InChI=1S/C24H20N4OS/c29-23(17-19-9-5-8-18-7-1-2-10-20(18)19)28(16-15-27-14-6-13-25-27)24-26-21-11-3-4-12-22(21)30-24/h1-14H,15-17H2. The van der Waals surface area contributed by atoms with Crippen molar-refractivity contribution in [1.82, 2.24) is 14.8 Å². The number of thiazole rings is 1. The summed E-state index contributed by atoms with van der Waals surface area (Å²) >= 11 is 1.55. The summed E-state index contributed by atoms with van der Waals surface area (Å²) in [5.74, 6) is 0.0394. The van der Waals surface area contributed by atoms with Crippen LogP contribution in [-0.4, -0.2) is 27.2 Å². The normalized spacial score (nSPS) is 11.2. The minimum absolute atomic E-state index is 0.0394. The molecule has 2 aromatic heterocycles. The fourth-order valence-electron chi connectivity index (χ4n) is 3.64. The number of anilines is 1. The minimum atomic E-state index is 0.0394. The van der Waals surface area contributed by atoms with Crippen molar-refractivity contribution in [1.29, 1.82) is 0 Å². The zero-order valence-corrected chi connectivity index (χ0v) is 17.1. The summed E-state index contributed by atoms with van der Waals surface area (Å²) in [4.78, 5) is 20.0. The minimum Gasteiger partial charge on any atom is -0.286 e. The molecule has 30 heavy (non-hydrogen) atoms. The zero-order valence-electron chi connectivity index (χ0n) is 16.3. The molecule has 0 bridgehead atoms. The molecule has 6 heteroatoms. The second-order valence-electron chi connectivity index (χ2n) is 7.09. The van der Waals surface area contributed by atoms with Gasteiger partial charge in [0.1, 0.15) is 0 Å². The Morgan fingerprint density at radius 1 is 0.967 bits per heavy atom. The molecule has 0 radical (unpaired) electrons. The number of carbonyl (C=O) groups is 1. The van der Waals surface area contributed by atoms with E-state index in [-0.39, 0.29) is 5.91 Å². The van der Waals surface area contributed by atoms with Gasteiger partial charge in [0.25, 0.3) is 0 Å². The van der Waals surface area contributed by atoms with Gasteiger partial charge >= 0.3 is 0 Å². The number of nitrogens with zero attached hydrogens (tertiary/aromatic N) is 4. The van der Waals surface area contributed by atoms with Gasteiger partial charge in [-0.3, -0.25) is 14.4 Å². The number of aromatic nitrogens is 3. The van der Waals surface area contributed by atoms with Crippen LogP contribution in [0.1, 0.15) is 5.56 Å². The van der Waals surface area contributed by atoms with Crippen molar-refractivity contribution < 1.29 is 4.79 Å². The van der Waals surface area contributed by atoms with Gasteiger partial charge < -0.3 is 0 Å². The lowest BCUT2D eigenvalue weighted by molar-refractivity contribution is -0.118. The van der Waals surface area contributed by atoms with E-state index < -0.39 is 0 Å².